The van der Waals surface area contributed by atoms with Crippen LogP contribution in [0.1, 0.15) is 16.1 Å². The Morgan fingerprint density at radius 1 is 1.04 bits per heavy atom. The minimum atomic E-state index is -0.387. The van der Waals surface area contributed by atoms with Gasteiger partial charge in [-0.15, -0.1) is 0 Å². The molecule has 0 saturated heterocycles. The summed E-state index contributed by atoms with van der Waals surface area (Å²) >= 11 is 0. The van der Waals surface area contributed by atoms with E-state index in [0.29, 0.717) is 22.9 Å². The zero-order valence-corrected chi connectivity index (χ0v) is 15.1. The first-order chi connectivity index (χ1) is 13.6. The summed E-state index contributed by atoms with van der Waals surface area (Å²) in [7, 11) is 1.34. The summed E-state index contributed by atoms with van der Waals surface area (Å²) in [6, 6.07) is 15.8. The van der Waals surface area contributed by atoms with Crippen LogP contribution in [0.15, 0.2) is 59.0 Å². The topological polar surface area (TPSA) is 87.0 Å². The van der Waals surface area contributed by atoms with E-state index in [1.165, 1.54) is 7.11 Å². The van der Waals surface area contributed by atoms with Crippen LogP contribution in [0.5, 0.6) is 11.5 Å². The lowest BCUT2D eigenvalue weighted by Gasteiger charge is -2.06. The molecule has 3 aromatic rings. The van der Waals surface area contributed by atoms with Crippen LogP contribution in [0.3, 0.4) is 0 Å². The second-order valence-electron chi connectivity index (χ2n) is 6.14. The van der Waals surface area contributed by atoms with Crippen molar-refractivity contribution in [3.8, 4) is 22.8 Å². The highest BCUT2D eigenvalue weighted by molar-refractivity contribution is 6.02. The molecule has 0 aliphatic carbocycles. The summed E-state index contributed by atoms with van der Waals surface area (Å²) in [6.45, 7) is 0.194. The van der Waals surface area contributed by atoms with Crippen molar-refractivity contribution >= 4 is 17.6 Å². The molecule has 0 atom stereocenters. The molecule has 2 heterocycles. The second kappa shape index (κ2) is 7.48. The molecule has 0 saturated carbocycles. The SMILES string of the molecule is COC(=O)Cc1cccc(NC(=O)c2ccc(-c3ccc4c(c3)OCO4)o2)c1. The van der Waals surface area contributed by atoms with Crippen LogP contribution in [0.25, 0.3) is 11.3 Å². The number of anilines is 1. The molecule has 7 heteroatoms. The number of rotatable bonds is 5. The first kappa shape index (κ1) is 17.7. The van der Waals surface area contributed by atoms with Gasteiger partial charge < -0.3 is 23.9 Å². The molecule has 7 nitrogen and oxygen atoms in total. The molecule has 1 aliphatic heterocycles. The molecule has 142 valence electrons. The van der Waals surface area contributed by atoms with Gasteiger partial charge >= 0.3 is 5.97 Å². The zero-order chi connectivity index (χ0) is 19.5. The van der Waals surface area contributed by atoms with Gasteiger partial charge in [0, 0.05) is 11.3 Å². The predicted octanol–water partition coefficient (Wildman–Crippen LogP) is 3.64. The Hall–Kier alpha value is -3.74. The molecular weight excluding hydrogens is 362 g/mol. The van der Waals surface area contributed by atoms with Crippen molar-refractivity contribution in [2.24, 2.45) is 0 Å². The molecule has 0 bridgehead atoms. The van der Waals surface area contributed by atoms with E-state index in [-0.39, 0.29) is 30.9 Å². The van der Waals surface area contributed by atoms with Crippen LogP contribution in [0, 0.1) is 0 Å². The molecular formula is C21H17NO6. The normalized spacial score (nSPS) is 11.9. The summed E-state index contributed by atoms with van der Waals surface area (Å²) in [5.41, 5.74) is 2.08. The van der Waals surface area contributed by atoms with Gasteiger partial charge in [0.1, 0.15) is 5.76 Å². The van der Waals surface area contributed by atoms with E-state index in [4.69, 9.17) is 13.9 Å². The number of hydrogen-bond donors (Lipinski definition) is 1. The van der Waals surface area contributed by atoms with Gasteiger partial charge in [-0.3, -0.25) is 9.59 Å². The predicted molar refractivity (Wildman–Crippen MR) is 100 cm³/mol. The number of esters is 1. The Labute approximate surface area is 160 Å². The monoisotopic (exact) mass is 379 g/mol. The molecule has 0 fully saturated rings. The second-order valence-corrected chi connectivity index (χ2v) is 6.14. The lowest BCUT2D eigenvalue weighted by Crippen LogP contribution is -2.11. The van der Waals surface area contributed by atoms with Crippen molar-refractivity contribution < 1.29 is 28.2 Å². The third-order valence-electron chi connectivity index (χ3n) is 4.25. The number of carbonyl (C=O) groups is 2. The number of fused-ring (bicyclic) bond motifs is 1. The van der Waals surface area contributed by atoms with Crippen LogP contribution in [0.4, 0.5) is 5.69 Å². The number of carbonyl (C=O) groups excluding carboxylic acids is 2. The molecule has 0 radical (unpaired) electrons. The fourth-order valence-corrected chi connectivity index (χ4v) is 2.86. The third-order valence-corrected chi connectivity index (χ3v) is 4.25. The average Bonchev–Trinajstić information content (AvgIpc) is 3.37. The minimum absolute atomic E-state index is 0.134. The van der Waals surface area contributed by atoms with Gasteiger partial charge in [0.2, 0.25) is 6.79 Å². The maximum Gasteiger partial charge on any atom is 0.309 e. The number of ether oxygens (including phenoxy) is 3. The molecule has 4 rings (SSSR count). The maximum absolute atomic E-state index is 12.5. The Kier molecular flexibility index (Phi) is 4.72. The number of hydrogen-bond acceptors (Lipinski definition) is 6. The van der Waals surface area contributed by atoms with E-state index in [2.05, 4.69) is 10.1 Å². The van der Waals surface area contributed by atoms with Gasteiger partial charge in [-0.05, 0) is 48.0 Å². The maximum atomic E-state index is 12.5. The van der Waals surface area contributed by atoms with Gasteiger partial charge in [0.15, 0.2) is 17.3 Å². The van der Waals surface area contributed by atoms with E-state index in [9.17, 15) is 9.59 Å². The number of nitrogens with one attached hydrogen (secondary N) is 1. The van der Waals surface area contributed by atoms with Gasteiger partial charge in [0.25, 0.3) is 5.91 Å². The minimum Gasteiger partial charge on any atom is -0.469 e. The molecule has 0 unspecified atom stereocenters. The van der Waals surface area contributed by atoms with Crippen LogP contribution < -0.4 is 14.8 Å². The van der Waals surface area contributed by atoms with Gasteiger partial charge in [-0.2, -0.15) is 0 Å². The molecule has 1 N–H and O–H groups in total. The van der Waals surface area contributed by atoms with Crippen LogP contribution in [-0.2, 0) is 16.0 Å². The van der Waals surface area contributed by atoms with E-state index < -0.39 is 0 Å². The fourth-order valence-electron chi connectivity index (χ4n) is 2.86. The van der Waals surface area contributed by atoms with Crippen LogP contribution >= 0.6 is 0 Å². The Morgan fingerprint density at radius 2 is 1.89 bits per heavy atom. The number of methoxy groups -OCH3 is 1. The Bertz CT molecular complexity index is 1040. The highest BCUT2D eigenvalue weighted by Gasteiger charge is 2.17. The largest absolute Gasteiger partial charge is 0.469 e. The Morgan fingerprint density at radius 3 is 2.75 bits per heavy atom. The van der Waals surface area contributed by atoms with Crippen molar-refractivity contribution in [2.45, 2.75) is 6.42 Å². The molecule has 1 aromatic heterocycles. The van der Waals surface area contributed by atoms with Crippen LogP contribution in [0.2, 0.25) is 0 Å². The van der Waals surface area contributed by atoms with E-state index in [1.54, 1.807) is 48.5 Å². The van der Waals surface area contributed by atoms with Crippen molar-refractivity contribution in [2.75, 3.05) is 19.2 Å². The lowest BCUT2D eigenvalue weighted by atomic mass is 10.1. The molecule has 1 amide bonds. The van der Waals surface area contributed by atoms with Gasteiger partial charge in [-0.1, -0.05) is 12.1 Å². The van der Waals surface area contributed by atoms with Crippen molar-refractivity contribution in [1.82, 2.24) is 0 Å². The summed E-state index contributed by atoms with van der Waals surface area (Å²) in [4.78, 5) is 23.9. The molecule has 1 aliphatic rings. The smallest absolute Gasteiger partial charge is 0.309 e. The summed E-state index contributed by atoms with van der Waals surface area (Å²) in [6.07, 6.45) is 0.134. The van der Waals surface area contributed by atoms with Crippen molar-refractivity contribution in [1.29, 1.82) is 0 Å². The standard InChI is InChI=1S/C21H17NO6/c1-25-20(23)10-13-3-2-4-15(9-13)22-21(24)18-8-7-16(28-18)14-5-6-17-19(11-14)27-12-26-17/h2-9,11H,10,12H2,1H3,(H,22,24). The Balaban J connectivity index is 1.48. The zero-order valence-electron chi connectivity index (χ0n) is 15.1. The number of furan rings is 1. The summed E-state index contributed by atoms with van der Waals surface area (Å²) < 4.78 is 21.0. The van der Waals surface area contributed by atoms with E-state index in [0.717, 1.165) is 11.1 Å². The molecule has 2 aromatic carbocycles. The number of amides is 1. The van der Waals surface area contributed by atoms with Gasteiger partial charge in [0.05, 0.1) is 13.5 Å². The quantitative estimate of drug-likeness (QED) is 0.681. The lowest BCUT2D eigenvalue weighted by molar-refractivity contribution is -0.139. The van der Waals surface area contributed by atoms with E-state index >= 15 is 0 Å². The first-order valence-electron chi connectivity index (χ1n) is 8.59. The fraction of sp³-hybridized carbons (Fsp3) is 0.143. The summed E-state index contributed by atoms with van der Waals surface area (Å²) in [5, 5.41) is 2.77. The molecule has 0 spiro atoms. The third kappa shape index (κ3) is 3.68. The summed E-state index contributed by atoms with van der Waals surface area (Å²) in [5.74, 6) is 1.31. The highest BCUT2D eigenvalue weighted by Crippen LogP contribution is 2.36. The molecule has 28 heavy (non-hydrogen) atoms. The van der Waals surface area contributed by atoms with Crippen molar-refractivity contribution in [3.63, 3.8) is 0 Å². The highest BCUT2D eigenvalue weighted by atomic mass is 16.7. The van der Waals surface area contributed by atoms with Crippen molar-refractivity contribution in [3.05, 3.63) is 65.9 Å². The van der Waals surface area contributed by atoms with Crippen LogP contribution in [-0.4, -0.2) is 25.8 Å². The number of benzene rings is 2. The average molecular weight is 379 g/mol. The first-order valence-corrected chi connectivity index (χ1v) is 8.59. The van der Waals surface area contributed by atoms with E-state index in [1.807, 2.05) is 6.07 Å². The van der Waals surface area contributed by atoms with Gasteiger partial charge in [-0.25, -0.2) is 0 Å².